The summed E-state index contributed by atoms with van der Waals surface area (Å²) >= 11 is 0. The van der Waals surface area contributed by atoms with Crippen LogP contribution in [0.25, 0.3) is 16.7 Å². The highest BCUT2D eigenvalue weighted by Gasteiger charge is 2.35. The maximum Gasteiger partial charge on any atom is 0.418 e. The molecule has 35 heavy (non-hydrogen) atoms. The summed E-state index contributed by atoms with van der Waals surface area (Å²) in [6.07, 6.45) is -9.41. The number of nitrogens with one attached hydrogen (secondary N) is 1. The molecule has 0 spiro atoms. The number of fused-ring (bicyclic) bond motifs is 1. The number of anilines is 1. The second kappa shape index (κ2) is 8.33. The number of carbonyl (C=O) groups is 1. The standard InChI is InChI=1S/C24H16F6N2O3/c1-12-9-16(13(2)32(12)19-6-4-3-5-17(19)23(25,26)27)22(34)31-14-7-8-15-18(24(28,29)30)11-21(33)35-20(15)10-14/h3-11H,1-2H3,(H,31,34). The summed E-state index contributed by atoms with van der Waals surface area (Å²) in [5.41, 5.74) is -3.11. The first-order chi connectivity index (χ1) is 16.3. The van der Waals surface area contributed by atoms with Crippen LogP contribution in [0.2, 0.25) is 0 Å². The molecule has 0 aliphatic rings. The molecule has 2 heterocycles. The van der Waals surface area contributed by atoms with Crippen molar-refractivity contribution in [2.75, 3.05) is 5.32 Å². The number of alkyl halides is 6. The lowest BCUT2D eigenvalue weighted by Gasteiger charge is -2.17. The van der Waals surface area contributed by atoms with Crippen molar-refractivity contribution in [3.8, 4) is 5.69 Å². The Labute approximate surface area is 193 Å². The molecule has 0 aliphatic carbocycles. The largest absolute Gasteiger partial charge is 0.423 e. The van der Waals surface area contributed by atoms with Gasteiger partial charge >= 0.3 is 18.0 Å². The van der Waals surface area contributed by atoms with E-state index in [1.807, 2.05) is 0 Å². The summed E-state index contributed by atoms with van der Waals surface area (Å²) in [4.78, 5) is 24.5. The molecule has 0 radical (unpaired) electrons. The van der Waals surface area contributed by atoms with Gasteiger partial charge in [0.2, 0.25) is 0 Å². The van der Waals surface area contributed by atoms with E-state index < -0.39 is 35.0 Å². The number of para-hydroxylation sites is 1. The number of hydrogen-bond acceptors (Lipinski definition) is 3. The third-order valence-corrected chi connectivity index (χ3v) is 5.43. The van der Waals surface area contributed by atoms with E-state index in [9.17, 15) is 35.9 Å². The topological polar surface area (TPSA) is 64.2 Å². The van der Waals surface area contributed by atoms with Crippen molar-refractivity contribution in [2.45, 2.75) is 26.2 Å². The van der Waals surface area contributed by atoms with E-state index in [-0.39, 0.29) is 33.6 Å². The molecule has 4 aromatic rings. The van der Waals surface area contributed by atoms with Crippen molar-refractivity contribution in [3.05, 3.63) is 93.1 Å². The zero-order valence-corrected chi connectivity index (χ0v) is 18.1. The van der Waals surface area contributed by atoms with Crippen LogP contribution in [-0.4, -0.2) is 10.5 Å². The number of aryl methyl sites for hydroxylation is 1. The Morgan fingerprint density at radius 3 is 2.20 bits per heavy atom. The molecule has 2 aromatic carbocycles. The number of aromatic nitrogens is 1. The summed E-state index contributed by atoms with van der Waals surface area (Å²) in [5, 5.41) is 2.12. The number of halogens is 6. The Hall–Kier alpha value is -4.02. The fourth-order valence-corrected chi connectivity index (χ4v) is 3.95. The maximum absolute atomic E-state index is 13.5. The van der Waals surface area contributed by atoms with Crippen molar-refractivity contribution in [3.63, 3.8) is 0 Å². The van der Waals surface area contributed by atoms with Crippen LogP contribution >= 0.6 is 0 Å². The van der Waals surface area contributed by atoms with E-state index >= 15 is 0 Å². The fourth-order valence-electron chi connectivity index (χ4n) is 3.95. The van der Waals surface area contributed by atoms with Gasteiger partial charge in [-0.3, -0.25) is 4.79 Å². The highest BCUT2D eigenvalue weighted by Crippen LogP contribution is 2.36. The number of amides is 1. The Morgan fingerprint density at radius 2 is 1.54 bits per heavy atom. The van der Waals surface area contributed by atoms with Crippen LogP contribution in [0.1, 0.15) is 32.9 Å². The minimum absolute atomic E-state index is 0.0328. The second-order valence-corrected chi connectivity index (χ2v) is 7.78. The molecule has 0 aliphatic heterocycles. The van der Waals surface area contributed by atoms with Crippen molar-refractivity contribution in [1.29, 1.82) is 0 Å². The van der Waals surface area contributed by atoms with Gasteiger partial charge in [0.15, 0.2) is 0 Å². The number of nitrogens with zero attached hydrogens (tertiary/aromatic N) is 1. The van der Waals surface area contributed by atoms with Crippen molar-refractivity contribution in [1.82, 2.24) is 4.57 Å². The molecule has 4 rings (SSSR count). The summed E-state index contributed by atoms with van der Waals surface area (Å²) in [6, 6.07) is 10.0. The molecule has 182 valence electrons. The van der Waals surface area contributed by atoms with Crippen LogP contribution < -0.4 is 10.9 Å². The van der Waals surface area contributed by atoms with E-state index in [1.165, 1.54) is 41.8 Å². The van der Waals surface area contributed by atoms with Gasteiger partial charge in [-0.2, -0.15) is 26.3 Å². The summed E-state index contributed by atoms with van der Waals surface area (Å²) < 4.78 is 86.4. The lowest BCUT2D eigenvalue weighted by molar-refractivity contribution is -0.138. The lowest BCUT2D eigenvalue weighted by atomic mass is 10.1. The number of rotatable bonds is 3. The highest BCUT2D eigenvalue weighted by atomic mass is 19.4. The first kappa shape index (κ1) is 24.1. The third-order valence-electron chi connectivity index (χ3n) is 5.43. The fraction of sp³-hybridized carbons (Fsp3) is 0.167. The minimum Gasteiger partial charge on any atom is -0.423 e. The first-order valence-corrected chi connectivity index (χ1v) is 10.1. The van der Waals surface area contributed by atoms with Crippen molar-refractivity contribution in [2.24, 2.45) is 0 Å². The van der Waals surface area contributed by atoms with Gasteiger partial charge in [0.25, 0.3) is 5.91 Å². The second-order valence-electron chi connectivity index (χ2n) is 7.78. The number of hydrogen-bond donors (Lipinski definition) is 1. The SMILES string of the molecule is Cc1cc(C(=O)Nc2ccc3c(C(F)(F)F)cc(=O)oc3c2)c(C)n1-c1ccccc1C(F)(F)F. The zero-order valence-electron chi connectivity index (χ0n) is 18.1. The van der Waals surface area contributed by atoms with Crippen LogP contribution in [0.3, 0.4) is 0 Å². The van der Waals surface area contributed by atoms with E-state index in [0.29, 0.717) is 11.8 Å². The molecule has 0 unspecified atom stereocenters. The molecular formula is C24H16F6N2O3. The summed E-state index contributed by atoms with van der Waals surface area (Å²) in [6.45, 7) is 3.02. The Morgan fingerprint density at radius 1 is 0.886 bits per heavy atom. The average molecular weight is 494 g/mol. The molecule has 11 heteroatoms. The molecule has 0 saturated heterocycles. The van der Waals surface area contributed by atoms with Gasteiger partial charge in [-0.05, 0) is 44.2 Å². The predicted octanol–water partition coefficient (Wildman–Crippen LogP) is 6.49. The Bertz CT molecular complexity index is 1510. The Kier molecular flexibility index (Phi) is 5.74. The Balaban J connectivity index is 1.72. The van der Waals surface area contributed by atoms with Crippen LogP contribution in [-0.2, 0) is 12.4 Å². The number of carbonyl (C=O) groups excluding carboxylic acids is 1. The average Bonchev–Trinajstić information content (AvgIpc) is 3.05. The van der Waals surface area contributed by atoms with Gasteiger partial charge in [-0.25, -0.2) is 4.79 Å². The predicted molar refractivity (Wildman–Crippen MR) is 116 cm³/mol. The molecule has 0 bridgehead atoms. The molecule has 5 nitrogen and oxygen atoms in total. The lowest BCUT2D eigenvalue weighted by Crippen LogP contribution is -2.15. The first-order valence-electron chi connectivity index (χ1n) is 10.1. The van der Waals surface area contributed by atoms with Crippen LogP contribution in [0.4, 0.5) is 32.0 Å². The summed E-state index contributed by atoms with van der Waals surface area (Å²) in [5.74, 6) is -0.706. The minimum atomic E-state index is -4.79. The highest BCUT2D eigenvalue weighted by molar-refractivity contribution is 6.06. The molecule has 0 atom stereocenters. The van der Waals surface area contributed by atoms with Gasteiger partial charge < -0.3 is 14.3 Å². The van der Waals surface area contributed by atoms with Gasteiger partial charge in [-0.15, -0.1) is 0 Å². The third kappa shape index (κ3) is 4.53. The maximum atomic E-state index is 13.5. The summed E-state index contributed by atoms with van der Waals surface area (Å²) in [7, 11) is 0. The number of benzene rings is 2. The molecule has 0 saturated carbocycles. The van der Waals surface area contributed by atoms with E-state index in [0.717, 1.165) is 18.2 Å². The van der Waals surface area contributed by atoms with Crippen LogP contribution in [0, 0.1) is 13.8 Å². The molecule has 1 N–H and O–H groups in total. The monoisotopic (exact) mass is 494 g/mol. The van der Waals surface area contributed by atoms with E-state index in [4.69, 9.17) is 4.42 Å². The van der Waals surface area contributed by atoms with Gasteiger partial charge in [0, 0.05) is 34.6 Å². The molecule has 1 amide bonds. The van der Waals surface area contributed by atoms with Crippen molar-refractivity contribution < 1.29 is 35.6 Å². The van der Waals surface area contributed by atoms with E-state index in [2.05, 4.69) is 5.32 Å². The van der Waals surface area contributed by atoms with Crippen LogP contribution in [0.15, 0.2) is 63.8 Å². The molecule has 0 fully saturated rings. The van der Waals surface area contributed by atoms with E-state index in [1.54, 1.807) is 6.92 Å². The normalized spacial score (nSPS) is 12.2. The smallest absolute Gasteiger partial charge is 0.418 e. The van der Waals surface area contributed by atoms with Gasteiger partial charge in [-0.1, -0.05) is 12.1 Å². The zero-order chi connectivity index (χ0) is 25.7. The molecular weight excluding hydrogens is 478 g/mol. The van der Waals surface area contributed by atoms with Gasteiger partial charge in [0.05, 0.1) is 22.4 Å². The van der Waals surface area contributed by atoms with Gasteiger partial charge in [0.1, 0.15) is 5.58 Å². The van der Waals surface area contributed by atoms with Crippen molar-refractivity contribution >= 4 is 22.6 Å². The quantitative estimate of drug-likeness (QED) is 0.262. The van der Waals surface area contributed by atoms with Crippen LogP contribution in [0.5, 0.6) is 0 Å². The molecule has 2 aromatic heterocycles.